The Morgan fingerprint density at radius 3 is 2.79 bits per heavy atom. The van der Waals surface area contributed by atoms with Gasteiger partial charge >= 0.3 is 0 Å². The average molecular weight is 258 g/mol. The van der Waals surface area contributed by atoms with Crippen LogP contribution >= 0.6 is 0 Å². The van der Waals surface area contributed by atoms with Crippen LogP contribution in [0.15, 0.2) is 24.3 Å². The highest BCUT2D eigenvalue weighted by Gasteiger charge is 2.37. The molecule has 2 aliphatic rings. The number of aryl methyl sites for hydroxylation is 1. The molecule has 1 amide bonds. The van der Waals surface area contributed by atoms with Crippen LogP contribution in [0.25, 0.3) is 0 Å². The summed E-state index contributed by atoms with van der Waals surface area (Å²) in [4.78, 5) is 14.9. The van der Waals surface area contributed by atoms with E-state index in [0.717, 1.165) is 31.6 Å². The topological polar surface area (TPSA) is 32.3 Å². The standard InChI is InChI=1S/C16H22N2O/c1-11-9-17-10-14(11)16(19)18-12(2)7-8-13-5-3-4-6-15(13)18/h3-6,11-12,14,17H,7-10H2,1-2H3/t11-,12?,14-/m1/s1. The van der Waals surface area contributed by atoms with E-state index in [1.165, 1.54) is 5.56 Å². The van der Waals surface area contributed by atoms with Gasteiger partial charge in [0, 0.05) is 18.3 Å². The highest BCUT2D eigenvalue weighted by Crippen LogP contribution is 2.33. The van der Waals surface area contributed by atoms with Crippen LogP contribution in [0, 0.1) is 11.8 Å². The number of nitrogens with zero attached hydrogens (tertiary/aromatic N) is 1. The summed E-state index contributed by atoms with van der Waals surface area (Å²) in [6.07, 6.45) is 2.15. The minimum absolute atomic E-state index is 0.133. The smallest absolute Gasteiger partial charge is 0.231 e. The van der Waals surface area contributed by atoms with Gasteiger partial charge in [-0.05, 0) is 43.9 Å². The van der Waals surface area contributed by atoms with Gasteiger partial charge in [0.05, 0.1) is 5.92 Å². The van der Waals surface area contributed by atoms with Crippen molar-refractivity contribution in [3.05, 3.63) is 29.8 Å². The molecule has 0 aliphatic carbocycles. The van der Waals surface area contributed by atoms with Crippen LogP contribution in [-0.2, 0) is 11.2 Å². The van der Waals surface area contributed by atoms with Gasteiger partial charge in [-0.25, -0.2) is 0 Å². The molecule has 1 aromatic carbocycles. The number of carbonyl (C=O) groups excluding carboxylic acids is 1. The molecule has 1 aromatic rings. The number of carbonyl (C=O) groups is 1. The molecule has 3 rings (SSSR count). The van der Waals surface area contributed by atoms with E-state index in [1.807, 2.05) is 11.0 Å². The second kappa shape index (κ2) is 4.97. The van der Waals surface area contributed by atoms with Crippen LogP contribution in [0.2, 0.25) is 0 Å². The summed E-state index contributed by atoms with van der Waals surface area (Å²) in [5.41, 5.74) is 2.44. The first-order chi connectivity index (χ1) is 9.18. The molecule has 2 aliphatic heterocycles. The zero-order chi connectivity index (χ0) is 13.4. The number of benzene rings is 1. The van der Waals surface area contributed by atoms with Gasteiger partial charge in [0.1, 0.15) is 0 Å². The lowest BCUT2D eigenvalue weighted by atomic mass is 9.91. The van der Waals surface area contributed by atoms with Gasteiger partial charge in [0.2, 0.25) is 5.91 Å². The number of hydrogen-bond acceptors (Lipinski definition) is 2. The van der Waals surface area contributed by atoms with Crippen LogP contribution in [0.5, 0.6) is 0 Å². The van der Waals surface area contributed by atoms with Gasteiger partial charge in [-0.3, -0.25) is 4.79 Å². The van der Waals surface area contributed by atoms with Gasteiger partial charge in [-0.2, -0.15) is 0 Å². The molecule has 3 nitrogen and oxygen atoms in total. The fraction of sp³-hybridized carbons (Fsp3) is 0.562. The first-order valence-electron chi connectivity index (χ1n) is 7.30. The highest BCUT2D eigenvalue weighted by atomic mass is 16.2. The van der Waals surface area contributed by atoms with Crippen molar-refractivity contribution in [1.29, 1.82) is 0 Å². The maximum Gasteiger partial charge on any atom is 0.231 e. The van der Waals surface area contributed by atoms with E-state index in [2.05, 4.69) is 37.4 Å². The van der Waals surface area contributed by atoms with Crippen molar-refractivity contribution >= 4 is 11.6 Å². The molecule has 1 saturated heterocycles. The molecule has 1 fully saturated rings. The predicted molar refractivity (Wildman–Crippen MR) is 77.2 cm³/mol. The van der Waals surface area contributed by atoms with Crippen LogP contribution < -0.4 is 10.2 Å². The summed E-state index contributed by atoms with van der Waals surface area (Å²) in [7, 11) is 0. The Hall–Kier alpha value is -1.35. The number of nitrogens with one attached hydrogen (secondary N) is 1. The van der Waals surface area contributed by atoms with Crippen molar-refractivity contribution in [2.24, 2.45) is 11.8 Å². The summed E-state index contributed by atoms with van der Waals surface area (Å²) in [6, 6.07) is 8.66. The summed E-state index contributed by atoms with van der Waals surface area (Å²) in [5, 5.41) is 3.33. The van der Waals surface area contributed by atoms with Crippen molar-refractivity contribution in [3.63, 3.8) is 0 Å². The van der Waals surface area contributed by atoms with E-state index in [1.54, 1.807) is 0 Å². The minimum Gasteiger partial charge on any atom is -0.316 e. The highest BCUT2D eigenvalue weighted by molar-refractivity contribution is 5.97. The zero-order valence-corrected chi connectivity index (χ0v) is 11.7. The van der Waals surface area contributed by atoms with E-state index < -0.39 is 0 Å². The molecule has 0 bridgehead atoms. The average Bonchev–Trinajstić information content (AvgIpc) is 2.84. The fourth-order valence-electron chi connectivity index (χ4n) is 3.34. The number of fused-ring (bicyclic) bond motifs is 1. The molecule has 0 radical (unpaired) electrons. The Morgan fingerprint density at radius 2 is 2.05 bits per heavy atom. The third-order valence-corrected chi connectivity index (χ3v) is 4.60. The first-order valence-corrected chi connectivity index (χ1v) is 7.30. The van der Waals surface area contributed by atoms with Crippen LogP contribution in [-0.4, -0.2) is 25.0 Å². The molecule has 1 N–H and O–H groups in total. The number of anilines is 1. The summed E-state index contributed by atoms with van der Waals surface area (Å²) < 4.78 is 0. The van der Waals surface area contributed by atoms with Gasteiger partial charge in [-0.15, -0.1) is 0 Å². The van der Waals surface area contributed by atoms with Gasteiger partial charge in [-0.1, -0.05) is 25.1 Å². The van der Waals surface area contributed by atoms with Crippen molar-refractivity contribution in [2.75, 3.05) is 18.0 Å². The largest absolute Gasteiger partial charge is 0.316 e. The van der Waals surface area contributed by atoms with Crippen LogP contribution in [0.3, 0.4) is 0 Å². The number of rotatable bonds is 1. The molecular weight excluding hydrogens is 236 g/mol. The lowest BCUT2D eigenvalue weighted by molar-refractivity contribution is -0.123. The lowest BCUT2D eigenvalue weighted by Crippen LogP contribution is -2.46. The van der Waals surface area contributed by atoms with Gasteiger partial charge in [0.15, 0.2) is 0 Å². The maximum atomic E-state index is 12.9. The Kier molecular flexibility index (Phi) is 3.31. The maximum absolute atomic E-state index is 12.9. The lowest BCUT2D eigenvalue weighted by Gasteiger charge is -2.37. The number of para-hydroxylation sites is 1. The van der Waals surface area contributed by atoms with Crippen molar-refractivity contribution in [3.8, 4) is 0 Å². The van der Waals surface area contributed by atoms with Gasteiger partial charge < -0.3 is 10.2 Å². The number of hydrogen-bond donors (Lipinski definition) is 1. The third-order valence-electron chi connectivity index (χ3n) is 4.60. The molecule has 19 heavy (non-hydrogen) atoms. The van der Waals surface area contributed by atoms with E-state index in [0.29, 0.717) is 17.9 Å². The molecule has 0 aromatic heterocycles. The van der Waals surface area contributed by atoms with E-state index >= 15 is 0 Å². The molecule has 0 spiro atoms. The molecule has 3 heteroatoms. The van der Waals surface area contributed by atoms with Crippen LogP contribution in [0.4, 0.5) is 5.69 Å². The monoisotopic (exact) mass is 258 g/mol. The SMILES string of the molecule is CC1CCc2ccccc2N1C(=O)[C@@H]1CNC[C@H]1C. The first kappa shape index (κ1) is 12.7. The quantitative estimate of drug-likeness (QED) is 0.837. The fourth-order valence-corrected chi connectivity index (χ4v) is 3.34. The molecule has 1 unspecified atom stereocenters. The normalized spacial score (nSPS) is 30.2. The van der Waals surface area contributed by atoms with E-state index in [4.69, 9.17) is 0 Å². The molecule has 102 valence electrons. The molecule has 0 saturated carbocycles. The van der Waals surface area contributed by atoms with Crippen molar-refractivity contribution in [1.82, 2.24) is 5.32 Å². The summed E-state index contributed by atoms with van der Waals surface area (Å²) in [5.74, 6) is 0.875. The minimum atomic E-state index is 0.133. The Labute approximate surface area is 115 Å². The summed E-state index contributed by atoms with van der Waals surface area (Å²) in [6.45, 7) is 6.12. The Bertz CT molecular complexity index is 485. The molecule has 3 atom stereocenters. The Balaban J connectivity index is 1.93. The molecule has 2 heterocycles. The zero-order valence-electron chi connectivity index (χ0n) is 11.7. The third kappa shape index (κ3) is 2.16. The Morgan fingerprint density at radius 1 is 1.26 bits per heavy atom. The second-order valence-electron chi connectivity index (χ2n) is 5.97. The summed E-state index contributed by atoms with van der Waals surface area (Å²) >= 11 is 0. The van der Waals surface area contributed by atoms with Crippen molar-refractivity contribution < 1.29 is 4.79 Å². The van der Waals surface area contributed by atoms with Crippen LogP contribution in [0.1, 0.15) is 25.8 Å². The predicted octanol–water partition coefficient (Wildman–Crippen LogP) is 2.21. The number of amides is 1. The van der Waals surface area contributed by atoms with E-state index in [-0.39, 0.29) is 5.92 Å². The van der Waals surface area contributed by atoms with Gasteiger partial charge in [0.25, 0.3) is 0 Å². The molecular formula is C16H22N2O. The van der Waals surface area contributed by atoms with E-state index in [9.17, 15) is 4.79 Å². The second-order valence-corrected chi connectivity index (χ2v) is 5.97. The van der Waals surface area contributed by atoms with Crippen molar-refractivity contribution in [2.45, 2.75) is 32.7 Å².